The minimum absolute atomic E-state index is 0.0313. The number of ether oxygens (including phenoxy) is 1. The molecule has 2 atom stereocenters. The summed E-state index contributed by atoms with van der Waals surface area (Å²) in [5, 5.41) is 11.7. The highest BCUT2D eigenvalue weighted by Crippen LogP contribution is 2.15. The van der Waals surface area contributed by atoms with Gasteiger partial charge in [0.1, 0.15) is 5.54 Å². The number of benzene rings is 1. The van der Waals surface area contributed by atoms with Crippen molar-refractivity contribution in [1.29, 1.82) is 5.26 Å². The maximum Gasteiger partial charge on any atom is 0.338 e. The van der Waals surface area contributed by atoms with Crippen LogP contribution in [-0.4, -0.2) is 38.5 Å². The van der Waals surface area contributed by atoms with Crippen LogP contribution in [-0.2, 0) is 19.6 Å². The lowest BCUT2D eigenvalue weighted by molar-refractivity contribution is -0.125. The van der Waals surface area contributed by atoms with E-state index in [0.29, 0.717) is 6.42 Å². The van der Waals surface area contributed by atoms with Gasteiger partial charge in [0.2, 0.25) is 10.0 Å². The molecule has 0 heterocycles. The molecule has 0 bridgehead atoms. The van der Waals surface area contributed by atoms with Gasteiger partial charge in [-0.25, -0.2) is 17.9 Å². The molecule has 1 aromatic carbocycles. The van der Waals surface area contributed by atoms with E-state index < -0.39 is 34.0 Å². The Kier molecular flexibility index (Phi) is 8.14. The summed E-state index contributed by atoms with van der Waals surface area (Å²) in [4.78, 5) is 24.0. The van der Waals surface area contributed by atoms with Crippen molar-refractivity contribution in [2.45, 2.75) is 57.5 Å². The average Bonchev–Trinajstić information content (AvgIpc) is 2.65. The Morgan fingerprint density at radius 1 is 1.21 bits per heavy atom. The molecule has 0 radical (unpaired) electrons. The van der Waals surface area contributed by atoms with E-state index in [1.54, 1.807) is 27.7 Å². The molecule has 1 rings (SSSR count). The van der Waals surface area contributed by atoms with Crippen molar-refractivity contribution in [3.05, 3.63) is 29.8 Å². The number of nitrogens with zero attached hydrogens (tertiary/aromatic N) is 1. The molecule has 0 spiro atoms. The van der Waals surface area contributed by atoms with E-state index in [0.717, 1.165) is 0 Å². The number of rotatable bonds is 9. The van der Waals surface area contributed by atoms with Gasteiger partial charge in [0, 0.05) is 6.04 Å². The van der Waals surface area contributed by atoms with Crippen molar-refractivity contribution in [2.24, 2.45) is 5.92 Å². The topological polar surface area (TPSA) is 125 Å². The van der Waals surface area contributed by atoms with E-state index >= 15 is 0 Å². The molecule has 0 unspecified atom stereocenters. The highest BCUT2D eigenvalue weighted by atomic mass is 32.2. The molecule has 0 saturated heterocycles. The van der Waals surface area contributed by atoms with Crippen LogP contribution in [0.1, 0.15) is 51.4 Å². The molecule has 0 saturated carbocycles. The lowest BCUT2D eigenvalue weighted by Crippen LogP contribution is -2.50. The molecule has 2 N–H and O–H groups in total. The zero-order valence-electron chi connectivity index (χ0n) is 16.8. The fraction of sp³-hybridized carbons (Fsp3) is 0.526. The molecule has 1 aromatic rings. The smallest absolute Gasteiger partial charge is 0.338 e. The van der Waals surface area contributed by atoms with Crippen LogP contribution in [0, 0.1) is 17.2 Å². The summed E-state index contributed by atoms with van der Waals surface area (Å²) in [6, 6.07) is 7.05. The predicted molar refractivity (Wildman–Crippen MR) is 104 cm³/mol. The molecule has 9 heteroatoms. The predicted octanol–water partition coefficient (Wildman–Crippen LogP) is 1.97. The molecule has 0 aliphatic rings. The molecule has 28 heavy (non-hydrogen) atoms. The second kappa shape index (κ2) is 9.66. The van der Waals surface area contributed by atoms with Crippen LogP contribution in [0.3, 0.4) is 0 Å². The number of carbonyl (C=O) groups excluding carboxylic acids is 2. The first-order chi connectivity index (χ1) is 12.9. The fourth-order valence-electron chi connectivity index (χ4n) is 2.03. The van der Waals surface area contributed by atoms with Crippen LogP contribution < -0.4 is 10.0 Å². The highest BCUT2D eigenvalue weighted by molar-refractivity contribution is 7.89. The zero-order chi connectivity index (χ0) is 21.5. The number of amides is 1. The summed E-state index contributed by atoms with van der Waals surface area (Å²) in [6.45, 7) is 8.25. The van der Waals surface area contributed by atoms with Crippen molar-refractivity contribution >= 4 is 21.9 Å². The van der Waals surface area contributed by atoms with Gasteiger partial charge in [-0.3, -0.25) is 4.79 Å². The normalized spacial score (nSPS) is 14.6. The van der Waals surface area contributed by atoms with Crippen molar-refractivity contribution in [3.8, 4) is 6.07 Å². The van der Waals surface area contributed by atoms with E-state index in [1.807, 2.05) is 13.0 Å². The third-order valence-corrected chi connectivity index (χ3v) is 6.09. The summed E-state index contributed by atoms with van der Waals surface area (Å²) in [6.07, 6.45) is 0.646. The first-order valence-electron chi connectivity index (χ1n) is 8.97. The van der Waals surface area contributed by atoms with E-state index in [1.165, 1.54) is 24.3 Å². The first-order valence-corrected chi connectivity index (χ1v) is 10.4. The number of hydrogen-bond donors (Lipinski definition) is 2. The molecular formula is C19H27N3O5S. The average molecular weight is 410 g/mol. The van der Waals surface area contributed by atoms with Gasteiger partial charge in [0.05, 0.1) is 16.5 Å². The molecule has 1 amide bonds. The van der Waals surface area contributed by atoms with Crippen molar-refractivity contribution in [1.82, 2.24) is 10.0 Å². The number of carbonyl (C=O) groups is 2. The van der Waals surface area contributed by atoms with Gasteiger partial charge >= 0.3 is 5.97 Å². The minimum Gasteiger partial charge on any atom is -0.452 e. The van der Waals surface area contributed by atoms with E-state index in [2.05, 4.69) is 10.0 Å². The number of sulfonamides is 1. The Morgan fingerprint density at radius 2 is 1.79 bits per heavy atom. The van der Waals surface area contributed by atoms with E-state index in [-0.39, 0.29) is 22.4 Å². The Hall–Kier alpha value is -2.44. The van der Waals surface area contributed by atoms with Crippen LogP contribution in [0.25, 0.3) is 0 Å². The third-order valence-electron chi connectivity index (χ3n) is 4.49. The van der Waals surface area contributed by atoms with E-state index in [4.69, 9.17) is 4.74 Å². The largest absolute Gasteiger partial charge is 0.452 e. The maximum atomic E-state index is 12.2. The van der Waals surface area contributed by atoms with E-state index in [9.17, 15) is 23.3 Å². The van der Waals surface area contributed by atoms with Gasteiger partial charge in [-0.05, 0) is 50.5 Å². The van der Waals surface area contributed by atoms with Gasteiger partial charge in [0.15, 0.2) is 6.61 Å². The molecular weight excluding hydrogens is 382 g/mol. The number of hydrogen-bond acceptors (Lipinski definition) is 6. The Morgan fingerprint density at radius 3 is 2.25 bits per heavy atom. The molecule has 0 aliphatic carbocycles. The molecule has 0 aliphatic heterocycles. The minimum atomic E-state index is -3.67. The number of nitrogens with one attached hydrogen (secondary N) is 2. The van der Waals surface area contributed by atoms with Crippen LogP contribution in [0.5, 0.6) is 0 Å². The quantitative estimate of drug-likeness (QED) is 0.601. The lowest BCUT2D eigenvalue weighted by atomic mass is 9.90. The van der Waals surface area contributed by atoms with Crippen LogP contribution in [0.15, 0.2) is 29.2 Å². The maximum absolute atomic E-state index is 12.2. The van der Waals surface area contributed by atoms with Gasteiger partial charge in [0.25, 0.3) is 5.91 Å². The second-order valence-corrected chi connectivity index (χ2v) is 8.76. The SMILES string of the molecule is CC[C@@H](C)NS(=O)(=O)c1ccc(C(=O)OCC(=O)N[C@](C)(C#N)C(C)C)cc1. The Balaban J connectivity index is 2.72. The summed E-state index contributed by atoms with van der Waals surface area (Å²) in [5.74, 6) is -1.49. The monoisotopic (exact) mass is 409 g/mol. The number of esters is 1. The van der Waals surface area contributed by atoms with Gasteiger partial charge in [-0.1, -0.05) is 20.8 Å². The summed E-state index contributed by atoms with van der Waals surface area (Å²) in [7, 11) is -3.67. The fourth-order valence-corrected chi connectivity index (χ4v) is 3.35. The summed E-state index contributed by atoms with van der Waals surface area (Å²) < 4.78 is 31.9. The number of nitriles is 1. The van der Waals surface area contributed by atoms with Crippen LogP contribution >= 0.6 is 0 Å². The highest BCUT2D eigenvalue weighted by Gasteiger charge is 2.30. The Bertz CT molecular complexity index is 843. The second-order valence-electron chi connectivity index (χ2n) is 7.05. The lowest BCUT2D eigenvalue weighted by Gasteiger charge is -2.27. The van der Waals surface area contributed by atoms with Crippen LogP contribution in [0.2, 0.25) is 0 Å². The summed E-state index contributed by atoms with van der Waals surface area (Å²) in [5.41, 5.74) is -0.954. The van der Waals surface area contributed by atoms with Crippen molar-refractivity contribution in [2.75, 3.05) is 6.61 Å². The molecule has 8 nitrogen and oxygen atoms in total. The Labute approximate surface area is 166 Å². The first kappa shape index (κ1) is 23.6. The molecule has 0 aromatic heterocycles. The van der Waals surface area contributed by atoms with Gasteiger partial charge in [-0.15, -0.1) is 0 Å². The molecule has 154 valence electrons. The zero-order valence-corrected chi connectivity index (χ0v) is 17.6. The van der Waals surface area contributed by atoms with Crippen molar-refractivity contribution < 1.29 is 22.7 Å². The molecule has 0 fully saturated rings. The summed E-state index contributed by atoms with van der Waals surface area (Å²) >= 11 is 0. The van der Waals surface area contributed by atoms with Crippen LogP contribution in [0.4, 0.5) is 0 Å². The third kappa shape index (κ3) is 6.32. The van der Waals surface area contributed by atoms with Gasteiger partial charge < -0.3 is 10.1 Å². The van der Waals surface area contributed by atoms with Gasteiger partial charge in [-0.2, -0.15) is 5.26 Å². The van der Waals surface area contributed by atoms with Crippen molar-refractivity contribution in [3.63, 3.8) is 0 Å². The standard InChI is InChI=1S/C19H27N3O5S/c1-6-14(4)22-28(25,26)16-9-7-15(8-10-16)18(24)27-11-17(23)21-19(5,12-20)13(2)3/h7-10,13-14,22H,6,11H2,1-5H3,(H,21,23)/t14-,19-/m1/s1.